The Balaban J connectivity index is 1.84. The third kappa shape index (κ3) is 3.29. The van der Waals surface area contributed by atoms with Gasteiger partial charge in [-0.3, -0.25) is 9.88 Å². The number of hydrogen-bond donors (Lipinski definition) is 1. The Bertz CT molecular complexity index is 615. The van der Waals surface area contributed by atoms with Crippen molar-refractivity contribution in [2.45, 2.75) is 19.5 Å². The maximum absolute atomic E-state index is 5.53. The van der Waals surface area contributed by atoms with Crippen molar-refractivity contribution in [1.29, 1.82) is 0 Å². The molecule has 1 atom stereocenters. The number of nitrogens with one attached hydrogen (secondary N) is 1. The maximum Gasteiger partial charge on any atom is 0.123 e. The van der Waals surface area contributed by atoms with Crippen LogP contribution in [-0.4, -0.2) is 36.6 Å². The number of benzene rings is 1. The molecule has 1 N–H and O–H groups in total. The Morgan fingerprint density at radius 1 is 1.36 bits per heavy atom. The van der Waals surface area contributed by atoms with Crippen molar-refractivity contribution in [3.05, 3.63) is 59.4 Å². The zero-order chi connectivity index (χ0) is 15.4. The van der Waals surface area contributed by atoms with Gasteiger partial charge in [0.2, 0.25) is 0 Å². The minimum Gasteiger partial charge on any atom is -0.496 e. The Kier molecular flexibility index (Phi) is 4.71. The molecule has 0 aliphatic carbocycles. The number of hydrogen-bond acceptors (Lipinski definition) is 4. The topological polar surface area (TPSA) is 37.4 Å². The van der Waals surface area contributed by atoms with E-state index in [2.05, 4.69) is 46.4 Å². The maximum atomic E-state index is 5.53. The number of piperazine rings is 1. The third-order valence-corrected chi connectivity index (χ3v) is 4.23. The monoisotopic (exact) mass is 297 g/mol. The molecular weight excluding hydrogens is 274 g/mol. The lowest BCUT2D eigenvalue weighted by atomic mass is 10.0. The Labute approximate surface area is 132 Å². The minimum absolute atomic E-state index is 0.354. The summed E-state index contributed by atoms with van der Waals surface area (Å²) >= 11 is 0. The number of nitrogens with zero attached hydrogens (tertiary/aromatic N) is 2. The molecule has 3 rings (SSSR count). The minimum atomic E-state index is 0.354. The van der Waals surface area contributed by atoms with Crippen molar-refractivity contribution >= 4 is 0 Å². The second-order valence-corrected chi connectivity index (χ2v) is 5.79. The third-order valence-electron chi connectivity index (χ3n) is 4.23. The first-order chi connectivity index (χ1) is 10.8. The number of ether oxygens (including phenoxy) is 1. The first kappa shape index (κ1) is 15.0. The Morgan fingerprint density at radius 3 is 3.05 bits per heavy atom. The molecule has 0 spiro atoms. The Morgan fingerprint density at radius 2 is 2.27 bits per heavy atom. The lowest BCUT2D eigenvalue weighted by molar-refractivity contribution is 0.152. The van der Waals surface area contributed by atoms with Gasteiger partial charge in [-0.1, -0.05) is 23.8 Å². The first-order valence-corrected chi connectivity index (χ1v) is 7.76. The van der Waals surface area contributed by atoms with Gasteiger partial charge in [-0.15, -0.1) is 0 Å². The molecule has 1 fully saturated rings. The van der Waals surface area contributed by atoms with Crippen molar-refractivity contribution in [2.75, 3.05) is 26.7 Å². The molecule has 116 valence electrons. The number of aromatic nitrogens is 1. The van der Waals surface area contributed by atoms with E-state index in [1.54, 1.807) is 7.11 Å². The zero-order valence-corrected chi connectivity index (χ0v) is 13.2. The van der Waals surface area contributed by atoms with E-state index >= 15 is 0 Å². The van der Waals surface area contributed by atoms with Crippen LogP contribution in [0.2, 0.25) is 0 Å². The van der Waals surface area contributed by atoms with Gasteiger partial charge in [0.05, 0.1) is 7.11 Å². The molecule has 1 aliphatic rings. The molecule has 4 heteroatoms. The van der Waals surface area contributed by atoms with Crippen LogP contribution >= 0.6 is 0 Å². The van der Waals surface area contributed by atoms with E-state index in [4.69, 9.17) is 4.74 Å². The van der Waals surface area contributed by atoms with E-state index < -0.39 is 0 Å². The van der Waals surface area contributed by atoms with Crippen LogP contribution in [0.1, 0.15) is 22.7 Å². The molecule has 1 aromatic heterocycles. The highest BCUT2D eigenvalue weighted by molar-refractivity contribution is 5.37. The fourth-order valence-electron chi connectivity index (χ4n) is 3.09. The van der Waals surface area contributed by atoms with Gasteiger partial charge in [0, 0.05) is 50.2 Å². The normalized spacial score (nSPS) is 19.1. The quantitative estimate of drug-likeness (QED) is 0.941. The summed E-state index contributed by atoms with van der Waals surface area (Å²) in [5.74, 6) is 0.967. The fraction of sp³-hybridized carbons (Fsp3) is 0.389. The van der Waals surface area contributed by atoms with Crippen LogP contribution in [0.3, 0.4) is 0 Å². The summed E-state index contributed by atoms with van der Waals surface area (Å²) in [5, 5.41) is 3.49. The van der Waals surface area contributed by atoms with Gasteiger partial charge in [-0.05, 0) is 24.6 Å². The average Bonchev–Trinajstić information content (AvgIpc) is 2.56. The van der Waals surface area contributed by atoms with Crippen molar-refractivity contribution in [3.8, 4) is 5.75 Å². The molecule has 1 aromatic carbocycles. The summed E-state index contributed by atoms with van der Waals surface area (Å²) in [7, 11) is 1.74. The van der Waals surface area contributed by atoms with E-state index in [1.807, 2.05) is 18.5 Å². The highest BCUT2D eigenvalue weighted by Crippen LogP contribution is 2.27. The van der Waals surface area contributed by atoms with E-state index in [-0.39, 0.29) is 0 Å². The van der Waals surface area contributed by atoms with Gasteiger partial charge < -0.3 is 10.1 Å². The van der Waals surface area contributed by atoms with Crippen LogP contribution in [0.25, 0.3) is 0 Å². The molecule has 1 aliphatic heterocycles. The molecule has 0 radical (unpaired) electrons. The van der Waals surface area contributed by atoms with E-state index in [0.29, 0.717) is 6.04 Å². The molecule has 0 bridgehead atoms. The molecule has 2 aromatic rings. The summed E-state index contributed by atoms with van der Waals surface area (Å²) < 4.78 is 5.53. The average molecular weight is 297 g/mol. The van der Waals surface area contributed by atoms with Crippen LogP contribution in [0.4, 0.5) is 0 Å². The van der Waals surface area contributed by atoms with E-state index in [0.717, 1.165) is 31.9 Å². The molecule has 1 saturated heterocycles. The molecule has 0 saturated carbocycles. The first-order valence-electron chi connectivity index (χ1n) is 7.76. The Hall–Kier alpha value is -1.91. The molecule has 4 nitrogen and oxygen atoms in total. The summed E-state index contributed by atoms with van der Waals surface area (Å²) in [5.41, 5.74) is 3.78. The molecular formula is C18H23N3O. The van der Waals surface area contributed by atoms with Crippen molar-refractivity contribution in [1.82, 2.24) is 15.2 Å². The van der Waals surface area contributed by atoms with E-state index in [9.17, 15) is 0 Å². The summed E-state index contributed by atoms with van der Waals surface area (Å²) in [6.45, 7) is 6.02. The molecule has 2 heterocycles. The highest BCUT2D eigenvalue weighted by atomic mass is 16.5. The number of pyridine rings is 1. The largest absolute Gasteiger partial charge is 0.496 e. The van der Waals surface area contributed by atoms with Gasteiger partial charge >= 0.3 is 0 Å². The van der Waals surface area contributed by atoms with Gasteiger partial charge in [-0.25, -0.2) is 0 Å². The van der Waals surface area contributed by atoms with Crippen LogP contribution in [-0.2, 0) is 6.54 Å². The van der Waals surface area contributed by atoms with Crippen molar-refractivity contribution in [2.24, 2.45) is 0 Å². The van der Waals surface area contributed by atoms with Crippen LogP contribution in [0, 0.1) is 6.92 Å². The second-order valence-electron chi connectivity index (χ2n) is 5.79. The molecule has 22 heavy (non-hydrogen) atoms. The predicted molar refractivity (Wildman–Crippen MR) is 88.0 cm³/mol. The van der Waals surface area contributed by atoms with Crippen molar-refractivity contribution < 1.29 is 4.74 Å². The van der Waals surface area contributed by atoms with E-state index in [1.165, 1.54) is 16.7 Å². The van der Waals surface area contributed by atoms with Crippen molar-refractivity contribution in [3.63, 3.8) is 0 Å². The molecule has 1 unspecified atom stereocenters. The van der Waals surface area contributed by atoms with Gasteiger partial charge in [0.1, 0.15) is 5.75 Å². The van der Waals surface area contributed by atoms with Gasteiger partial charge in [-0.2, -0.15) is 0 Å². The van der Waals surface area contributed by atoms with Gasteiger partial charge in [0.25, 0.3) is 0 Å². The summed E-state index contributed by atoms with van der Waals surface area (Å²) in [6.07, 6.45) is 3.80. The van der Waals surface area contributed by atoms with Crippen LogP contribution < -0.4 is 10.1 Å². The summed E-state index contributed by atoms with van der Waals surface area (Å²) in [4.78, 5) is 6.77. The fourth-order valence-corrected chi connectivity index (χ4v) is 3.09. The SMILES string of the molecule is COc1ccc(C)cc1CN1CCNCC1c1cccnc1. The predicted octanol–water partition coefficient (Wildman–Crippen LogP) is 2.55. The standard InChI is InChI=1S/C18H23N3O/c1-14-5-6-18(22-2)16(10-14)13-21-9-8-20-12-17(21)15-4-3-7-19-11-15/h3-7,10-11,17,20H,8-9,12-13H2,1-2H3. The lowest BCUT2D eigenvalue weighted by Gasteiger charge is -2.36. The summed E-state index contributed by atoms with van der Waals surface area (Å²) in [6, 6.07) is 10.9. The number of aryl methyl sites for hydroxylation is 1. The zero-order valence-electron chi connectivity index (χ0n) is 13.2. The number of rotatable bonds is 4. The lowest BCUT2D eigenvalue weighted by Crippen LogP contribution is -2.45. The van der Waals surface area contributed by atoms with Crippen LogP contribution in [0.15, 0.2) is 42.7 Å². The highest BCUT2D eigenvalue weighted by Gasteiger charge is 2.24. The van der Waals surface area contributed by atoms with Gasteiger partial charge in [0.15, 0.2) is 0 Å². The second kappa shape index (κ2) is 6.90. The number of methoxy groups -OCH3 is 1. The molecule has 0 amide bonds. The smallest absolute Gasteiger partial charge is 0.123 e. The van der Waals surface area contributed by atoms with Crippen LogP contribution in [0.5, 0.6) is 5.75 Å².